The van der Waals surface area contributed by atoms with E-state index in [2.05, 4.69) is 0 Å². The van der Waals surface area contributed by atoms with E-state index in [1.807, 2.05) is 13.0 Å². The smallest absolute Gasteiger partial charge is 0.478 e. The van der Waals surface area contributed by atoms with Crippen LogP contribution in [0.3, 0.4) is 0 Å². The highest BCUT2D eigenvalue weighted by molar-refractivity contribution is 7.90. The van der Waals surface area contributed by atoms with Gasteiger partial charge >= 0.3 is 23.3 Å². The number of rotatable bonds is 3. The number of nitrogens with zero attached hydrogens (tertiary/aromatic N) is 2. The maximum Gasteiger partial charge on any atom is 0.846 e. The number of carboxylic acids is 1. The summed E-state index contributed by atoms with van der Waals surface area (Å²) in [7, 11) is -6.31. The molecule has 3 heterocycles. The molecule has 7 nitrogen and oxygen atoms in total. The zero-order valence-electron chi connectivity index (χ0n) is 18.6. The standard InChI is InChI=1S/C22H22BFN2O5S/c1-10-8-16(22(27)28)9-11(2)17(10)18-19-12(3)7-13(4)25(19)23(24)26-15(6)21(32(29,30)31)14(5)20(18)26/h7-9H,1-6H3,(H-,27,28,29,30,31)/p+1. The van der Waals surface area contributed by atoms with Gasteiger partial charge in [0, 0.05) is 18.2 Å². The van der Waals surface area contributed by atoms with Crippen molar-refractivity contribution in [3.05, 3.63) is 73.6 Å². The number of benzene rings is 1. The number of aromatic carboxylic acids is 1. The highest BCUT2D eigenvalue weighted by Crippen LogP contribution is 2.44. The fraction of sp³-hybridized carbons (Fsp3) is 0.273. The Morgan fingerprint density at radius 2 is 1.59 bits per heavy atom. The van der Waals surface area contributed by atoms with Gasteiger partial charge in [-0.05, 0) is 75.1 Å². The molecule has 0 aliphatic carbocycles. The van der Waals surface area contributed by atoms with Crippen molar-refractivity contribution in [3.8, 4) is 0 Å². The number of halogens is 1. The Morgan fingerprint density at radius 3 is 2.09 bits per heavy atom. The van der Waals surface area contributed by atoms with E-state index in [4.69, 9.17) is 0 Å². The van der Waals surface area contributed by atoms with Crippen molar-refractivity contribution in [2.24, 2.45) is 0 Å². The van der Waals surface area contributed by atoms with Gasteiger partial charge in [0.2, 0.25) is 0 Å². The van der Waals surface area contributed by atoms with Gasteiger partial charge < -0.3 is 5.11 Å². The molecular formula is C22H23BFN2O5S+. The van der Waals surface area contributed by atoms with Crippen molar-refractivity contribution in [3.63, 3.8) is 0 Å². The number of aromatic nitrogens is 1. The van der Waals surface area contributed by atoms with E-state index in [-0.39, 0.29) is 21.8 Å². The molecule has 2 aliphatic heterocycles. The second kappa shape index (κ2) is 7.01. The lowest BCUT2D eigenvalue weighted by atomic mass is 9.83. The highest BCUT2D eigenvalue weighted by atomic mass is 32.2. The van der Waals surface area contributed by atoms with Crippen LogP contribution in [0.5, 0.6) is 0 Å². The van der Waals surface area contributed by atoms with Crippen molar-refractivity contribution >= 4 is 34.6 Å². The highest BCUT2D eigenvalue weighted by Gasteiger charge is 2.55. The molecule has 0 saturated heterocycles. The number of hydrogen-bond donors (Lipinski definition) is 2. The van der Waals surface area contributed by atoms with Crippen LogP contribution in [-0.4, -0.2) is 46.0 Å². The molecule has 2 aromatic rings. The number of hydrogen-bond acceptors (Lipinski definition) is 3. The summed E-state index contributed by atoms with van der Waals surface area (Å²) in [5.41, 5.74) is 5.52. The van der Waals surface area contributed by atoms with Gasteiger partial charge in [0.25, 0.3) is 0 Å². The Bertz CT molecular complexity index is 1420. The number of carbonyl (C=O) groups is 1. The maximum atomic E-state index is 15.9. The molecule has 1 aromatic heterocycles. The molecule has 2 aliphatic rings. The summed E-state index contributed by atoms with van der Waals surface area (Å²) in [6.45, 7) is 10.2. The van der Waals surface area contributed by atoms with E-state index in [0.29, 0.717) is 39.3 Å². The molecule has 1 aromatic carbocycles. The minimum atomic E-state index is -4.60. The van der Waals surface area contributed by atoms with Crippen LogP contribution in [0.4, 0.5) is 4.32 Å². The average molecular weight is 457 g/mol. The normalized spacial score (nSPS) is 16.2. The number of fused-ring (bicyclic) bond motifs is 2. The lowest BCUT2D eigenvalue weighted by molar-refractivity contribution is -0.337. The first kappa shape index (κ1) is 22.2. The summed E-state index contributed by atoms with van der Waals surface area (Å²) in [6.07, 6.45) is 0. The predicted molar refractivity (Wildman–Crippen MR) is 120 cm³/mol. The third-order valence-corrected chi connectivity index (χ3v) is 7.35. The van der Waals surface area contributed by atoms with Crippen molar-refractivity contribution in [1.82, 2.24) is 4.48 Å². The zero-order chi connectivity index (χ0) is 23.9. The third-order valence-electron chi connectivity index (χ3n) is 6.23. The van der Waals surface area contributed by atoms with Gasteiger partial charge in [0.15, 0.2) is 16.3 Å². The van der Waals surface area contributed by atoms with Gasteiger partial charge in [0.05, 0.1) is 16.8 Å². The summed E-state index contributed by atoms with van der Waals surface area (Å²) in [5.74, 6) is -1.06. The first-order valence-electron chi connectivity index (χ1n) is 10.0. The minimum absolute atomic E-state index is 0.0962. The third kappa shape index (κ3) is 2.93. The largest absolute Gasteiger partial charge is 0.846 e. The Hall–Kier alpha value is -2.98. The quantitative estimate of drug-likeness (QED) is 0.542. The van der Waals surface area contributed by atoms with Gasteiger partial charge in [-0.2, -0.15) is 8.42 Å². The van der Waals surface area contributed by atoms with Crippen LogP contribution in [0.25, 0.3) is 5.57 Å². The molecule has 0 unspecified atom stereocenters. The summed E-state index contributed by atoms with van der Waals surface area (Å²) in [5, 5.41) is 9.45. The van der Waals surface area contributed by atoms with Gasteiger partial charge in [-0.15, -0.1) is 0 Å². The summed E-state index contributed by atoms with van der Waals surface area (Å²) >= 11 is 0. The average Bonchev–Trinajstić information content (AvgIpc) is 3.10. The number of aryl methyl sites for hydroxylation is 4. The molecule has 32 heavy (non-hydrogen) atoms. The van der Waals surface area contributed by atoms with E-state index >= 15 is 4.32 Å². The maximum absolute atomic E-state index is 15.9. The molecule has 0 amide bonds. The lowest BCUT2D eigenvalue weighted by Gasteiger charge is -2.24. The van der Waals surface area contributed by atoms with Crippen LogP contribution < -0.4 is 0 Å². The van der Waals surface area contributed by atoms with Crippen LogP contribution in [0.2, 0.25) is 0 Å². The zero-order valence-corrected chi connectivity index (χ0v) is 19.4. The van der Waals surface area contributed by atoms with Crippen molar-refractivity contribution in [2.45, 2.75) is 41.5 Å². The molecule has 2 N–H and O–H groups in total. The van der Waals surface area contributed by atoms with Crippen LogP contribution in [0.15, 0.2) is 34.4 Å². The topological polar surface area (TPSA) is 99.6 Å². The van der Waals surface area contributed by atoms with E-state index < -0.39 is 23.3 Å². The Kier molecular flexibility index (Phi) is 4.87. The Labute approximate surface area is 186 Å². The fourth-order valence-electron chi connectivity index (χ4n) is 5.15. The van der Waals surface area contributed by atoms with Gasteiger partial charge in [-0.25, -0.2) is 13.6 Å². The molecule has 166 valence electrons. The summed E-state index contributed by atoms with van der Waals surface area (Å²) < 4.78 is 52.9. The number of allylic oxidation sites excluding steroid dienone is 2. The van der Waals surface area contributed by atoms with E-state index in [1.54, 1.807) is 39.8 Å². The molecule has 0 atom stereocenters. The van der Waals surface area contributed by atoms with E-state index in [9.17, 15) is 22.9 Å². The fourth-order valence-corrected chi connectivity index (χ4v) is 6.10. The summed E-state index contributed by atoms with van der Waals surface area (Å²) in [4.78, 5) is 11.2. The first-order chi connectivity index (χ1) is 14.8. The first-order valence-corrected chi connectivity index (χ1v) is 11.4. The van der Waals surface area contributed by atoms with Gasteiger partial charge in [-0.3, -0.25) is 9.03 Å². The molecule has 0 saturated carbocycles. The molecular weight excluding hydrogens is 434 g/mol. The molecule has 0 bridgehead atoms. The SMILES string of the molecule is CC1=C(S(=O)(=O)O)C(C)=[N+]2B(F)n3c(C)cc(C)c3C(c3c(C)cc(C(=O)O)cc3C)=C12. The molecule has 10 heteroatoms. The van der Waals surface area contributed by atoms with E-state index in [1.165, 1.54) is 15.9 Å². The van der Waals surface area contributed by atoms with Crippen LogP contribution in [0.1, 0.15) is 57.8 Å². The van der Waals surface area contributed by atoms with E-state index in [0.717, 1.165) is 5.56 Å². The summed E-state index contributed by atoms with van der Waals surface area (Å²) in [6, 6.07) is 4.96. The minimum Gasteiger partial charge on any atom is -0.478 e. The van der Waals surface area contributed by atoms with Gasteiger partial charge in [-0.1, -0.05) is 0 Å². The van der Waals surface area contributed by atoms with Crippen LogP contribution >= 0.6 is 0 Å². The van der Waals surface area contributed by atoms with Crippen LogP contribution in [0, 0.1) is 27.7 Å². The van der Waals surface area contributed by atoms with Gasteiger partial charge in [0.1, 0.15) is 0 Å². The predicted octanol–water partition coefficient (Wildman–Crippen LogP) is 3.64. The van der Waals surface area contributed by atoms with Crippen molar-refractivity contribution in [2.75, 3.05) is 0 Å². The van der Waals surface area contributed by atoms with Crippen LogP contribution in [-0.2, 0) is 10.1 Å². The van der Waals surface area contributed by atoms with Crippen molar-refractivity contribution < 1.29 is 31.7 Å². The lowest BCUT2D eigenvalue weighted by Crippen LogP contribution is -2.41. The molecule has 0 fully saturated rings. The molecule has 0 spiro atoms. The number of carboxylic acid groups (broad SMARTS) is 1. The van der Waals surface area contributed by atoms with Crippen molar-refractivity contribution in [1.29, 1.82) is 0 Å². The molecule has 0 radical (unpaired) electrons. The Morgan fingerprint density at radius 1 is 1.03 bits per heavy atom. The monoisotopic (exact) mass is 457 g/mol. The second-order valence-electron chi connectivity index (χ2n) is 8.40. The Balaban J connectivity index is 2.23. The second-order valence-corrected chi connectivity index (χ2v) is 9.75. The molecule has 4 rings (SSSR count).